The van der Waals surface area contributed by atoms with Gasteiger partial charge in [0.05, 0.1) is 0 Å². The first kappa shape index (κ1) is 9.97. The third-order valence-corrected chi connectivity index (χ3v) is 3.57. The van der Waals surface area contributed by atoms with Crippen LogP contribution in [0.4, 0.5) is 0 Å². The number of ether oxygens (including phenoxy) is 2. The SMILES string of the molecule is Cc1c(C2CCCNC2)ccc2c1OCO2. The molecule has 1 fully saturated rings. The van der Waals surface area contributed by atoms with Crippen molar-refractivity contribution in [3.05, 3.63) is 23.3 Å². The Bertz CT molecular complexity index is 397. The zero-order valence-corrected chi connectivity index (χ0v) is 9.58. The van der Waals surface area contributed by atoms with Gasteiger partial charge < -0.3 is 14.8 Å². The van der Waals surface area contributed by atoms with Crippen LogP contribution in [0.3, 0.4) is 0 Å². The second kappa shape index (κ2) is 3.98. The highest BCUT2D eigenvalue weighted by molar-refractivity contribution is 5.52. The molecule has 2 aliphatic rings. The van der Waals surface area contributed by atoms with E-state index in [0.717, 1.165) is 24.6 Å². The van der Waals surface area contributed by atoms with Gasteiger partial charge in [-0.15, -0.1) is 0 Å². The molecule has 1 saturated heterocycles. The lowest BCUT2D eigenvalue weighted by atomic mass is 9.88. The number of hydrogen-bond donors (Lipinski definition) is 1. The summed E-state index contributed by atoms with van der Waals surface area (Å²) in [6.07, 6.45) is 2.53. The molecule has 0 aliphatic carbocycles. The maximum atomic E-state index is 5.52. The highest BCUT2D eigenvalue weighted by atomic mass is 16.7. The minimum Gasteiger partial charge on any atom is -0.454 e. The van der Waals surface area contributed by atoms with E-state index >= 15 is 0 Å². The van der Waals surface area contributed by atoms with Crippen LogP contribution in [-0.4, -0.2) is 19.9 Å². The summed E-state index contributed by atoms with van der Waals surface area (Å²) in [5.74, 6) is 2.47. The van der Waals surface area contributed by atoms with E-state index in [1.54, 1.807) is 0 Å². The van der Waals surface area contributed by atoms with Gasteiger partial charge in [0.15, 0.2) is 11.5 Å². The molecule has 2 aliphatic heterocycles. The monoisotopic (exact) mass is 219 g/mol. The Hall–Kier alpha value is -1.22. The summed E-state index contributed by atoms with van der Waals surface area (Å²) < 4.78 is 10.9. The van der Waals surface area contributed by atoms with E-state index in [1.165, 1.54) is 24.0 Å². The van der Waals surface area contributed by atoms with E-state index in [2.05, 4.69) is 18.3 Å². The molecule has 1 N–H and O–H groups in total. The Morgan fingerprint density at radius 2 is 2.25 bits per heavy atom. The third kappa shape index (κ3) is 1.55. The third-order valence-electron chi connectivity index (χ3n) is 3.57. The summed E-state index contributed by atoms with van der Waals surface area (Å²) in [6.45, 7) is 4.74. The van der Waals surface area contributed by atoms with Gasteiger partial charge in [0.25, 0.3) is 0 Å². The topological polar surface area (TPSA) is 30.5 Å². The van der Waals surface area contributed by atoms with E-state index in [9.17, 15) is 0 Å². The first-order chi connectivity index (χ1) is 7.86. The lowest BCUT2D eigenvalue weighted by molar-refractivity contribution is 0.173. The Morgan fingerprint density at radius 1 is 1.31 bits per heavy atom. The van der Waals surface area contributed by atoms with Crippen LogP contribution in [0.1, 0.15) is 29.9 Å². The number of nitrogens with one attached hydrogen (secondary N) is 1. The molecule has 3 heteroatoms. The molecular weight excluding hydrogens is 202 g/mol. The van der Waals surface area contributed by atoms with Crippen LogP contribution in [0.2, 0.25) is 0 Å². The minimum absolute atomic E-state index is 0.364. The molecule has 1 aromatic carbocycles. The van der Waals surface area contributed by atoms with E-state index in [0.29, 0.717) is 12.7 Å². The molecule has 16 heavy (non-hydrogen) atoms. The summed E-state index contributed by atoms with van der Waals surface area (Å²) >= 11 is 0. The van der Waals surface area contributed by atoms with E-state index in [-0.39, 0.29) is 0 Å². The Labute approximate surface area is 95.8 Å². The van der Waals surface area contributed by atoms with Crippen LogP contribution in [0, 0.1) is 6.92 Å². The predicted octanol–water partition coefficient (Wildman–Crippen LogP) is 2.19. The van der Waals surface area contributed by atoms with Gasteiger partial charge in [0.1, 0.15) is 0 Å². The molecule has 0 spiro atoms. The fourth-order valence-corrected chi connectivity index (χ4v) is 2.69. The van der Waals surface area contributed by atoms with E-state index in [4.69, 9.17) is 9.47 Å². The molecule has 3 rings (SSSR count). The van der Waals surface area contributed by atoms with Gasteiger partial charge in [-0.2, -0.15) is 0 Å². The Morgan fingerprint density at radius 3 is 3.06 bits per heavy atom. The Kier molecular flexibility index (Phi) is 2.48. The first-order valence-electron chi connectivity index (χ1n) is 5.96. The summed E-state index contributed by atoms with van der Waals surface area (Å²) in [7, 11) is 0. The maximum absolute atomic E-state index is 5.52. The molecule has 0 amide bonds. The van der Waals surface area contributed by atoms with E-state index in [1.807, 2.05) is 6.07 Å². The smallest absolute Gasteiger partial charge is 0.231 e. The van der Waals surface area contributed by atoms with Crippen molar-refractivity contribution in [2.24, 2.45) is 0 Å². The molecule has 1 atom stereocenters. The lowest BCUT2D eigenvalue weighted by Crippen LogP contribution is -2.28. The van der Waals surface area contributed by atoms with Crippen molar-refractivity contribution in [3.8, 4) is 11.5 Å². The summed E-state index contributed by atoms with van der Waals surface area (Å²) in [6, 6.07) is 4.24. The van der Waals surface area contributed by atoms with Crippen molar-refractivity contribution in [1.82, 2.24) is 5.32 Å². The van der Waals surface area contributed by atoms with Crippen LogP contribution in [0.25, 0.3) is 0 Å². The average molecular weight is 219 g/mol. The van der Waals surface area contributed by atoms with Gasteiger partial charge in [0, 0.05) is 6.54 Å². The molecular formula is C13H17NO2. The normalized spacial score (nSPS) is 23.4. The molecule has 0 aromatic heterocycles. The fourth-order valence-electron chi connectivity index (χ4n) is 2.69. The minimum atomic E-state index is 0.364. The predicted molar refractivity (Wildman–Crippen MR) is 62.1 cm³/mol. The lowest BCUT2D eigenvalue weighted by Gasteiger charge is -2.24. The van der Waals surface area contributed by atoms with Crippen LogP contribution < -0.4 is 14.8 Å². The second-order valence-electron chi connectivity index (χ2n) is 4.56. The molecule has 2 heterocycles. The molecule has 1 aromatic rings. The number of fused-ring (bicyclic) bond motifs is 1. The summed E-state index contributed by atoms with van der Waals surface area (Å²) in [5, 5.41) is 3.46. The molecule has 86 valence electrons. The van der Waals surface area contributed by atoms with Crippen LogP contribution >= 0.6 is 0 Å². The summed E-state index contributed by atoms with van der Waals surface area (Å²) in [4.78, 5) is 0. The van der Waals surface area contributed by atoms with Crippen LogP contribution in [0.5, 0.6) is 11.5 Å². The van der Waals surface area contributed by atoms with Gasteiger partial charge in [-0.3, -0.25) is 0 Å². The van der Waals surface area contributed by atoms with E-state index < -0.39 is 0 Å². The maximum Gasteiger partial charge on any atom is 0.231 e. The number of rotatable bonds is 1. The zero-order chi connectivity index (χ0) is 11.0. The van der Waals surface area contributed by atoms with Crippen LogP contribution in [-0.2, 0) is 0 Å². The number of piperidine rings is 1. The molecule has 3 nitrogen and oxygen atoms in total. The molecule has 1 unspecified atom stereocenters. The second-order valence-corrected chi connectivity index (χ2v) is 4.56. The largest absolute Gasteiger partial charge is 0.454 e. The molecule has 0 saturated carbocycles. The van der Waals surface area contributed by atoms with Crippen molar-refractivity contribution in [2.45, 2.75) is 25.7 Å². The fraction of sp³-hybridized carbons (Fsp3) is 0.538. The van der Waals surface area contributed by atoms with Crippen molar-refractivity contribution < 1.29 is 9.47 Å². The Balaban J connectivity index is 1.95. The van der Waals surface area contributed by atoms with Gasteiger partial charge in [0.2, 0.25) is 6.79 Å². The van der Waals surface area contributed by atoms with Gasteiger partial charge in [-0.25, -0.2) is 0 Å². The quantitative estimate of drug-likeness (QED) is 0.785. The van der Waals surface area contributed by atoms with Gasteiger partial charge in [-0.05, 0) is 49.4 Å². The number of benzene rings is 1. The average Bonchev–Trinajstić information content (AvgIpc) is 2.80. The first-order valence-corrected chi connectivity index (χ1v) is 5.96. The van der Waals surface area contributed by atoms with Crippen molar-refractivity contribution in [1.29, 1.82) is 0 Å². The summed E-state index contributed by atoms with van der Waals surface area (Å²) in [5.41, 5.74) is 2.67. The van der Waals surface area contributed by atoms with Gasteiger partial charge >= 0.3 is 0 Å². The highest BCUT2D eigenvalue weighted by Crippen LogP contribution is 2.40. The van der Waals surface area contributed by atoms with Gasteiger partial charge in [-0.1, -0.05) is 6.07 Å². The van der Waals surface area contributed by atoms with Crippen LogP contribution in [0.15, 0.2) is 12.1 Å². The molecule has 0 bridgehead atoms. The standard InChI is InChI=1S/C13H17NO2/c1-9-11(10-3-2-6-14-7-10)4-5-12-13(9)16-8-15-12/h4-5,10,14H,2-3,6-8H2,1H3. The number of hydrogen-bond acceptors (Lipinski definition) is 3. The molecule has 0 radical (unpaired) electrons. The van der Waals surface area contributed by atoms with Crippen molar-refractivity contribution >= 4 is 0 Å². The van der Waals surface area contributed by atoms with Crippen molar-refractivity contribution in [2.75, 3.05) is 19.9 Å². The van der Waals surface area contributed by atoms with Crippen molar-refractivity contribution in [3.63, 3.8) is 0 Å². The zero-order valence-electron chi connectivity index (χ0n) is 9.58. The highest BCUT2D eigenvalue weighted by Gasteiger charge is 2.23.